The summed E-state index contributed by atoms with van der Waals surface area (Å²) in [6.07, 6.45) is 6.91. The summed E-state index contributed by atoms with van der Waals surface area (Å²) in [5.74, 6) is 0.774. The molecule has 0 radical (unpaired) electrons. The minimum atomic E-state index is -0.170. The van der Waals surface area contributed by atoms with Crippen molar-refractivity contribution >= 4 is 5.91 Å². The van der Waals surface area contributed by atoms with Gasteiger partial charge in [0.2, 0.25) is 5.91 Å². The Labute approximate surface area is 116 Å². The molecule has 19 heavy (non-hydrogen) atoms. The SMILES string of the molecule is Cc1ccc(C)c(C(CC(N)=O)C2CCCCC2)c1. The van der Waals surface area contributed by atoms with E-state index in [-0.39, 0.29) is 5.91 Å². The number of carbonyl (C=O) groups excluding carboxylic acids is 1. The Morgan fingerprint density at radius 3 is 2.58 bits per heavy atom. The van der Waals surface area contributed by atoms with Gasteiger partial charge in [-0.05, 0) is 49.7 Å². The van der Waals surface area contributed by atoms with E-state index in [1.807, 2.05) is 0 Å². The molecule has 0 heterocycles. The molecule has 1 aromatic rings. The molecular weight excluding hydrogens is 234 g/mol. The largest absolute Gasteiger partial charge is 0.370 e. The second-order valence-corrected chi connectivity index (χ2v) is 6.04. The van der Waals surface area contributed by atoms with Crippen LogP contribution < -0.4 is 5.73 Å². The maximum atomic E-state index is 11.4. The van der Waals surface area contributed by atoms with E-state index in [9.17, 15) is 4.79 Å². The minimum absolute atomic E-state index is 0.170. The summed E-state index contributed by atoms with van der Waals surface area (Å²) >= 11 is 0. The fourth-order valence-corrected chi connectivity index (χ4v) is 3.44. The third kappa shape index (κ3) is 3.59. The fraction of sp³-hybridized carbons (Fsp3) is 0.588. The van der Waals surface area contributed by atoms with Crippen LogP contribution in [0.3, 0.4) is 0 Å². The molecule has 1 atom stereocenters. The van der Waals surface area contributed by atoms with Crippen LogP contribution in [0.15, 0.2) is 18.2 Å². The Balaban J connectivity index is 2.29. The van der Waals surface area contributed by atoms with Gasteiger partial charge in [0.25, 0.3) is 0 Å². The molecule has 2 nitrogen and oxygen atoms in total. The van der Waals surface area contributed by atoms with Gasteiger partial charge >= 0.3 is 0 Å². The van der Waals surface area contributed by atoms with Gasteiger partial charge in [0.05, 0.1) is 0 Å². The maximum Gasteiger partial charge on any atom is 0.218 e. The van der Waals surface area contributed by atoms with E-state index in [0.717, 1.165) is 0 Å². The van der Waals surface area contributed by atoms with Crippen LogP contribution in [0.25, 0.3) is 0 Å². The molecule has 1 aromatic carbocycles. The van der Waals surface area contributed by atoms with Gasteiger partial charge in [-0.25, -0.2) is 0 Å². The molecule has 2 N–H and O–H groups in total. The van der Waals surface area contributed by atoms with Gasteiger partial charge in [-0.2, -0.15) is 0 Å². The molecule has 2 rings (SSSR count). The maximum absolute atomic E-state index is 11.4. The number of hydrogen-bond acceptors (Lipinski definition) is 1. The number of nitrogens with two attached hydrogens (primary N) is 1. The van der Waals surface area contributed by atoms with E-state index in [4.69, 9.17) is 5.73 Å². The Kier molecular flexibility index (Phi) is 4.62. The van der Waals surface area contributed by atoms with E-state index in [2.05, 4.69) is 32.0 Å². The second-order valence-electron chi connectivity index (χ2n) is 6.04. The number of carbonyl (C=O) groups is 1. The number of primary amides is 1. The molecule has 0 bridgehead atoms. The monoisotopic (exact) mass is 259 g/mol. The summed E-state index contributed by atoms with van der Waals surface area (Å²) in [4.78, 5) is 11.4. The molecule has 1 fully saturated rings. The van der Waals surface area contributed by atoms with Gasteiger partial charge in [0, 0.05) is 6.42 Å². The lowest BCUT2D eigenvalue weighted by Gasteiger charge is -2.31. The summed E-state index contributed by atoms with van der Waals surface area (Å²) in [5, 5.41) is 0. The average molecular weight is 259 g/mol. The van der Waals surface area contributed by atoms with Gasteiger partial charge in [-0.3, -0.25) is 4.79 Å². The first kappa shape index (κ1) is 14.1. The molecule has 0 spiro atoms. The number of hydrogen-bond donors (Lipinski definition) is 1. The van der Waals surface area contributed by atoms with Gasteiger partial charge in [0.1, 0.15) is 0 Å². The molecule has 104 valence electrons. The normalized spacial score (nSPS) is 18.2. The third-order valence-corrected chi connectivity index (χ3v) is 4.47. The van der Waals surface area contributed by atoms with Gasteiger partial charge < -0.3 is 5.73 Å². The van der Waals surface area contributed by atoms with Crippen molar-refractivity contribution in [2.24, 2.45) is 11.7 Å². The van der Waals surface area contributed by atoms with Gasteiger partial charge in [-0.15, -0.1) is 0 Å². The number of amides is 1. The summed E-state index contributed by atoms with van der Waals surface area (Å²) in [7, 11) is 0. The molecule has 0 aromatic heterocycles. The van der Waals surface area contributed by atoms with Crippen molar-refractivity contribution in [1.29, 1.82) is 0 Å². The number of aryl methyl sites for hydroxylation is 2. The highest BCUT2D eigenvalue weighted by Crippen LogP contribution is 2.39. The highest BCUT2D eigenvalue weighted by molar-refractivity contribution is 5.75. The van der Waals surface area contributed by atoms with Crippen molar-refractivity contribution in [1.82, 2.24) is 0 Å². The van der Waals surface area contributed by atoms with Crippen LogP contribution in [0.5, 0.6) is 0 Å². The van der Waals surface area contributed by atoms with Crippen molar-refractivity contribution in [2.45, 2.75) is 58.3 Å². The third-order valence-electron chi connectivity index (χ3n) is 4.47. The Morgan fingerprint density at radius 2 is 1.95 bits per heavy atom. The molecular formula is C17H25NO. The predicted octanol–water partition coefficient (Wildman–Crippen LogP) is 3.84. The molecule has 0 saturated heterocycles. The van der Waals surface area contributed by atoms with Crippen molar-refractivity contribution in [3.05, 3.63) is 34.9 Å². The lowest BCUT2D eigenvalue weighted by molar-refractivity contribution is -0.118. The van der Waals surface area contributed by atoms with Crippen LogP contribution in [0.2, 0.25) is 0 Å². The number of benzene rings is 1. The van der Waals surface area contributed by atoms with Crippen LogP contribution in [0.1, 0.15) is 61.1 Å². The Morgan fingerprint density at radius 1 is 1.26 bits per heavy atom. The van der Waals surface area contributed by atoms with Crippen molar-refractivity contribution in [2.75, 3.05) is 0 Å². The highest BCUT2D eigenvalue weighted by Gasteiger charge is 2.27. The van der Waals surface area contributed by atoms with E-state index >= 15 is 0 Å². The summed E-state index contributed by atoms with van der Waals surface area (Å²) in [6.45, 7) is 4.26. The van der Waals surface area contributed by atoms with Crippen LogP contribution in [0, 0.1) is 19.8 Å². The number of rotatable bonds is 4. The van der Waals surface area contributed by atoms with Crippen LogP contribution >= 0.6 is 0 Å². The zero-order valence-electron chi connectivity index (χ0n) is 12.1. The van der Waals surface area contributed by atoms with Crippen LogP contribution in [0.4, 0.5) is 0 Å². The molecule has 1 unspecified atom stereocenters. The predicted molar refractivity (Wildman–Crippen MR) is 79.0 cm³/mol. The van der Waals surface area contributed by atoms with Crippen LogP contribution in [-0.2, 0) is 4.79 Å². The molecule has 0 aliphatic heterocycles. The fourth-order valence-electron chi connectivity index (χ4n) is 3.44. The average Bonchev–Trinajstić information content (AvgIpc) is 2.40. The Hall–Kier alpha value is -1.31. The van der Waals surface area contributed by atoms with Crippen molar-refractivity contribution in [3.63, 3.8) is 0 Å². The highest BCUT2D eigenvalue weighted by atomic mass is 16.1. The Bertz CT molecular complexity index is 447. The molecule has 1 aliphatic carbocycles. The van der Waals surface area contributed by atoms with Gasteiger partial charge in [0.15, 0.2) is 0 Å². The molecule has 1 aliphatic rings. The summed E-state index contributed by atoms with van der Waals surface area (Å²) in [6, 6.07) is 6.56. The molecule has 1 saturated carbocycles. The topological polar surface area (TPSA) is 43.1 Å². The first-order chi connectivity index (χ1) is 9.08. The van der Waals surface area contributed by atoms with E-state index in [1.54, 1.807) is 0 Å². The zero-order chi connectivity index (χ0) is 13.8. The summed E-state index contributed by atoms with van der Waals surface area (Å²) < 4.78 is 0. The van der Waals surface area contributed by atoms with Crippen molar-refractivity contribution in [3.8, 4) is 0 Å². The van der Waals surface area contributed by atoms with Gasteiger partial charge in [-0.1, -0.05) is 43.0 Å². The lowest BCUT2D eigenvalue weighted by atomic mass is 9.74. The second kappa shape index (κ2) is 6.23. The minimum Gasteiger partial charge on any atom is -0.370 e. The standard InChI is InChI=1S/C17H25NO/c1-12-8-9-13(2)15(10-12)16(11-17(18)19)14-6-4-3-5-7-14/h8-10,14,16H,3-7,11H2,1-2H3,(H2,18,19). The quantitative estimate of drug-likeness (QED) is 0.877. The van der Waals surface area contributed by atoms with Crippen molar-refractivity contribution < 1.29 is 4.79 Å². The first-order valence-electron chi connectivity index (χ1n) is 7.43. The molecule has 2 heteroatoms. The van der Waals surface area contributed by atoms with E-state index in [1.165, 1.54) is 48.8 Å². The summed E-state index contributed by atoms with van der Waals surface area (Å²) in [5.41, 5.74) is 9.39. The van der Waals surface area contributed by atoms with Crippen LogP contribution in [-0.4, -0.2) is 5.91 Å². The van der Waals surface area contributed by atoms with E-state index < -0.39 is 0 Å². The first-order valence-corrected chi connectivity index (χ1v) is 7.43. The smallest absolute Gasteiger partial charge is 0.218 e. The molecule has 1 amide bonds. The zero-order valence-corrected chi connectivity index (χ0v) is 12.1. The lowest BCUT2D eigenvalue weighted by Crippen LogP contribution is -2.23. The van der Waals surface area contributed by atoms with E-state index in [0.29, 0.717) is 18.3 Å².